The first-order chi connectivity index (χ1) is 7.15. The van der Waals surface area contributed by atoms with E-state index < -0.39 is 0 Å². The van der Waals surface area contributed by atoms with Crippen LogP contribution in [-0.4, -0.2) is 12.0 Å². The fourth-order valence-corrected chi connectivity index (χ4v) is 2.08. The zero-order chi connectivity index (χ0) is 11.0. The van der Waals surface area contributed by atoms with Crippen molar-refractivity contribution < 1.29 is 0 Å². The van der Waals surface area contributed by atoms with E-state index in [9.17, 15) is 0 Å². The summed E-state index contributed by atoms with van der Waals surface area (Å²) >= 11 is 6.09. The Balaban J connectivity index is 2.70. The van der Waals surface area contributed by atoms with E-state index in [1.165, 1.54) is 16.6 Å². The summed E-state index contributed by atoms with van der Waals surface area (Å²) in [6.07, 6.45) is 0. The summed E-state index contributed by atoms with van der Waals surface area (Å²) in [5.41, 5.74) is 4.82. The number of aromatic amines is 1. The van der Waals surface area contributed by atoms with Crippen molar-refractivity contribution in [3.8, 4) is 0 Å². The number of halogens is 1. The maximum absolute atomic E-state index is 6.09. The van der Waals surface area contributed by atoms with E-state index in [4.69, 9.17) is 11.6 Å². The summed E-state index contributed by atoms with van der Waals surface area (Å²) in [4.78, 5) is 3.43. The van der Waals surface area contributed by atoms with E-state index in [0.29, 0.717) is 0 Å². The van der Waals surface area contributed by atoms with Gasteiger partial charge in [0, 0.05) is 22.6 Å². The Kier molecular flexibility index (Phi) is 2.72. The van der Waals surface area contributed by atoms with Crippen LogP contribution in [0.3, 0.4) is 0 Å². The Morgan fingerprint density at radius 1 is 1.27 bits per heavy atom. The fourth-order valence-electron chi connectivity index (χ4n) is 1.92. The van der Waals surface area contributed by atoms with Crippen LogP contribution >= 0.6 is 11.6 Å². The van der Waals surface area contributed by atoms with Gasteiger partial charge in [0.15, 0.2) is 0 Å². The summed E-state index contributed by atoms with van der Waals surface area (Å²) < 4.78 is 0. The lowest BCUT2D eigenvalue weighted by molar-refractivity contribution is 0.794. The highest BCUT2D eigenvalue weighted by Gasteiger charge is 2.09. The van der Waals surface area contributed by atoms with Crippen molar-refractivity contribution in [2.24, 2.45) is 0 Å². The zero-order valence-electron chi connectivity index (χ0n) is 9.24. The topological polar surface area (TPSA) is 27.8 Å². The molecule has 2 aromatic rings. The van der Waals surface area contributed by atoms with Crippen LogP contribution in [0.25, 0.3) is 10.9 Å². The lowest BCUT2D eigenvalue weighted by Gasteiger charge is -1.98. The van der Waals surface area contributed by atoms with Gasteiger partial charge >= 0.3 is 0 Å². The summed E-state index contributed by atoms with van der Waals surface area (Å²) in [5.74, 6) is 0. The number of hydrogen-bond donors (Lipinski definition) is 2. The molecular weight excluding hydrogens is 208 g/mol. The molecule has 0 saturated heterocycles. The Bertz CT molecular complexity index is 500. The van der Waals surface area contributed by atoms with E-state index in [0.717, 1.165) is 22.6 Å². The van der Waals surface area contributed by atoms with Gasteiger partial charge in [-0.25, -0.2) is 0 Å². The van der Waals surface area contributed by atoms with Crippen LogP contribution in [0.5, 0.6) is 0 Å². The summed E-state index contributed by atoms with van der Waals surface area (Å²) in [7, 11) is 1.95. The molecule has 2 rings (SSSR count). The molecule has 0 fully saturated rings. The largest absolute Gasteiger partial charge is 0.357 e. The van der Waals surface area contributed by atoms with Gasteiger partial charge in [-0.3, -0.25) is 0 Å². The van der Waals surface area contributed by atoms with Gasteiger partial charge in [-0.05, 0) is 38.1 Å². The number of fused-ring (bicyclic) bond motifs is 1. The number of nitrogens with one attached hydrogen (secondary N) is 2. The van der Waals surface area contributed by atoms with E-state index in [-0.39, 0.29) is 0 Å². The predicted molar refractivity (Wildman–Crippen MR) is 65.5 cm³/mol. The quantitative estimate of drug-likeness (QED) is 0.803. The molecule has 0 saturated carbocycles. The first kappa shape index (κ1) is 10.5. The van der Waals surface area contributed by atoms with Crippen molar-refractivity contribution >= 4 is 22.5 Å². The molecule has 0 aliphatic heterocycles. The molecule has 0 unspecified atom stereocenters. The molecule has 1 aromatic heterocycles. The van der Waals surface area contributed by atoms with Crippen LogP contribution < -0.4 is 5.32 Å². The Labute approximate surface area is 94.6 Å². The van der Waals surface area contributed by atoms with Crippen LogP contribution in [0, 0.1) is 13.8 Å². The SMILES string of the molecule is CNCc1[nH]c2c(C)c(Cl)ccc2c1C. The highest BCUT2D eigenvalue weighted by atomic mass is 35.5. The average molecular weight is 223 g/mol. The molecule has 2 nitrogen and oxygen atoms in total. The van der Waals surface area contributed by atoms with Gasteiger partial charge in [-0.15, -0.1) is 0 Å². The fraction of sp³-hybridized carbons (Fsp3) is 0.333. The minimum Gasteiger partial charge on any atom is -0.357 e. The minimum absolute atomic E-state index is 0.819. The minimum atomic E-state index is 0.819. The third-order valence-electron chi connectivity index (χ3n) is 2.89. The van der Waals surface area contributed by atoms with Crippen molar-refractivity contribution in [2.45, 2.75) is 20.4 Å². The third kappa shape index (κ3) is 1.64. The van der Waals surface area contributed by atoms with Gasteiger partial charge in [0.05, 0.1) is 5.52 Å². The molecule has 15 heavy (non-hydrogen) atoms. The first-order valence-corrected chi connectivity index (χ1v) is 5.43. The maximum atomic E-state index is 6.09. The average Bonchev–Trinajstić information content (AvgIpc) is 2.52. The second kappa shape index (κ2) is 3.87. The third-order valence-corrected chi connectivity index (χ3v) is 3.29. The van der Waals surface area contributed by atoms with Crippen molar-refractivity contribution in [3.05, 3.63) is 34.0 Å². The van der Waals surface area contributed by atoms with Crippen molar-refractivity contribution in [2.75, 3.05) is 7.05 Å². The Morgan fingerprint density at radius 3 is 2.67 bits per heavy atom. The molecule has 80 valence electrons. The smallest absolute Gasteiger partial charge is 0.0503 e. The normalized spacial score (nSPS) is 11.2. The first-order valence-electron chi connectivity index (χ1n) is 5.06. The van der Waals surface area contributed by atoms with E-state index in [1.54, 1.807) is 0 Å². The van der Waals surface area contributed by atoms with Gasteiger partial charge in [0.1, 0.15) is 0 Å². The zero-order valence-corrected chi connectivity index (χ0v) is 10.00. The van der Waals surface area contributed by atoms with Crippen LogP contribution in [0.15, 0.2) is 12.1 Å². The highest BCUT2D eigenvalue weighted by Crippen LogP contribution is 2.28. The molecule has 2 N–H and O–H groups in total. The van der Waals surface area contributed by atoms with Crippen LogP contribution in [-0.2, 0) is 6.54 Å². The highest BCUT2D eigenvalue weighted by molar-refractivity contribution is 6.32. The van der Waals surface area contributed by atoms with E-state index in [1.807, 2.05) is 20.0 Å². The van der Waals surface area contributed by atoms with Crippen LogP contribution in [0.1, 0.15) is 16.8 Å². The van der Waals surface area contributed by atoms with E-state index in [2.05, 4.69) is 23.3 Å². The van der Waals surface area contributed by atoms with Gasteiger partial charge in [0.25, 0.3) is 0 Å². The number of hydrogen-bond acceptors (Lipinski definition) is 1. The molecule has 1 aromatic carbocycles. The molecule has 0 aliphatic rings. The van der Waals surface area contributed by atoms with Gasteiger partial charge in [0.2, 0.25) is 0 Å². The summed E-state index contributed by atoms with van der Waals surface area (Å²) in [5, 5.41) is 5.24. The number of aromatic nitrogens is 1. The molecule has 0 radical (unpaired) electrons. The second-order valence-corrected chi connectivity index (χ2v) is 4.26. The van der Waals surface area contributed by atoms with E-state index >= 15 is 0 Å². The van der Waals surface area contributed by atoms with Crippen molar-refractivity contribution in [3.63, 3.8) is 0 Å². The lowest BCUT2D eigenvalue weighted by atomic mass is 10.1. The Morgan fingerprint density at radius 2 is 2.00 bits per heavy atom. The van der Waals surface area contributed by atoms with Gasteiger partial charge in [-0.1, -0.05) is 17.7 Å². The summed E-state index contributed by atoms with van der Waals surface area (Å²) in [6, 6.07) is 4.04. The number of benzene rings is 1. The standard InChI is InChI=1S/C12H15ClN2/c1-7-9-4-5-10(13)8(2)12(9)15-11(7)6-14-3/h4-5,14-15H,6H2,1-3H3. The molecular formula is C12H15ClN2. The molecule has 0 atom stereocenters. The van der Waals surface area contributed by atoms with Gasteiger partial charge in [-0.2, -0.15) is 0 Å². The summed E-state index contributed by atoms with van der Waals surface area (Å²) in [6.45, 7) is 5.04. The lowest BCUT2D eigenvalue weighted by Crippen LogP contribution is -2.06. The van der Waals surface area contributed by atoms with Gasteiger partial charge < -0.3 is 10.3 Å². The molecule has 0 bridgehead atoms. The molecule has 1 heterocycles. The van der Waals surface area contributed by atoms with Crippen LogP contribution in [0.4, 0.5) is 0 Å². The molecule has 0 spiro atoms. The van der Waals surface area contributed by atoms with Crippen LogP contribution in [0.2, 0.25) is 5.02 Å². The molecule has 0 aliphatic carbocycles. The number of rotatable bonds is 2. The monoisotopic (exact) mass is 222 g/mol. The van der Waals surface area contributed by atoms with Crippen molar-refractivity contribution in [1.29, 1.82) is 0 Å². The Hall–Kier alpha value is -0.990. The predicted octanol–water partition coefficient (Wildman–Crippen LogP) is 3.16. The molecule has 0 amide bonds. The molecule has 3 heteroatoms. The maximum Gasteiger partial charge on any atom is 0.0503 e. The van der Waals surface area contributed by atoms with Crippen molar-refractivity contribution in [1.82, 2.24) is 10.3 Å². The number of aryl methyl sites for hydroxylation is 2. The number of H-pyrrole nitrogens is 1. The second-order valence-electron chi connectivity index (χ2n) is 3.85.